The lowest BCUT2D eigenvalue weighted by atomic mass is 9.90. The van der Waals surface area contributed by atoms with Crippen LogP contribution in [0, 0.1) is 5.92 Å². The summed E-state index contributed by atoms with van der Waals surface area (Å²) in [6, 6.07) is 2.11. The Hall–Kier alpha value is -1.05. The summed E-state index contributed by atoms with van der Waals surface area (Å²) in [5.41, 5.74) is 10.4. The number of anilines is 1. The van der Waals surface area contributed by atoms with Crippen LogP contribution in [0.3, 0.4) is 0 Å². The topological polar surface area (TPSA) is 38.9 Å². The van der Waals surface area contributed by atoms with Crippen LogP contribution in [0.5, 0.6) is 0 Å². The highest BCUT2D eigenvalue weighted by Gasteiger charge is 2.34. The molecule has 1 aromatic heterocycles. The Morgan fingerprint density at radius 1 is 1.44 bits per heavy atom. The molecular formula is C14H20N2. The maximum atomic E-state index is 5.94. The zero-order chi connectivity index (χ0) is 11.3. The average Bonchev–Trinajstić information content (AvgIpc) is 2.94. The summed E-state index contributed by atoms with van der Waals surface area (Å²) in [7, 11) is 0. The van der Waals surface area contributed by atoms with Crippen LogP contribution in [0.1, 0.15) is 49.9 Å². The Morgan fingerprint density at radius 2 is 2.19 bits per heavy atom. The van der Waals surface area contributed by atoms with Gasteiger partial charge in [0.15, 0.2) is 0 Å². The fraction of sp³-hybridized carbons (Fsp3) is 0.643. The molecule has 0 bridgehead atoms. The van der Waals surface area contributed by atoms with Crippen molar-refractivity contribution >= 4 is 5.82 Å². The fourth-order valence-electron chi connectivity index (χ4n) is 2.86. The molecule has 16 heavy (non-hydrogen) atoms. The number of pyridine rings is 1. The number of fused-ring (bicyclic) bond motifs is 1. The first-order valence-corrected chi connectivity index (χ1v) is 6.35. The van der Waals surface area contributed by atoms with Crippen molar-refractivity contribution in [3.8, 4) is 0 Å². The third-order valence-electron chi connectivity index (χ3n) is 4.08. The Balaban J connectivity index is 2.05. The van der Waals surface area contributed by atoms with Crippen LogP contribution in [-0.4, -0.2) is 4.98 Å². The molecule has 0 atom stereocenters. The second-order valence-electron chi connectivity index (χ2n) is 6.06. The molecule has 3 rings (SSSR count). The van der Waals surface area contributed by atoms with Crippen LogP contribution < -0.4 is 5.73 Å². The number of nitrogen functional groups attached to an aromatic ring is 1. The lowest BCUT2D eigenvalue weighted by molar-refractivity contribution is 0.510. The zero-order valence-corrected chi connectivity index (χ0v) is 10.2. The highest BCUT2D eigenvalue weighted by atomic mass is 14.9. The molecular weight excluding hydrogens is 196 g/mol. The molecule has 1 saturated carbocycles. The quantitative estimate of drug-likeness (QED) is 0.825. The largest absolute Gasteiger partial charge is 0.384 e. The molecule has 0 aromatic carbocycles. The molecule has 2 heteroatoms. The number of nitrogens with two attached hydrogens (primary N) is 1. The van der Waals surface area contributed by atoms with Gasteiger partial charge in [-0.3, -0.25) is 0 Å². The Morgan fingerprint density at radius 3 is 2.88 bits per heavy atom. The number of rotatable bonds is 2. The number of hydrogen-bond acceptors (Lipinski definition) is 2. The fourth-order valence-corrected chi connectivity index (χ4v) is 2.86. The van der Waals surface area contributed by atoms with E-state index in [-0.39, 0.29) is 5.41 Å². The van der Waals surface area contributed by atoms with Crippen LogP contribution in [-0.2, 0) is 18.3 Å². The van der Waals surface area contributed by atoms with Gasteiger partial charge in [-0.2, -0.15) is 0 Å². The van der Waals surface area contributed by atoms with Crippen molar-refractivity contribution in [3.05, 3.63) is 22.9 Å². The van der Waals surface area contributed by atoms with E-state index in [1.165, 1.54) is 48.9 Å². The van der Waals surface area contributed by atoms with Gasteiger partial charge >= 0.3 is 0 Å². The molecule has 0 amide bonds. The molecule has 0 radical (unpaired) electrons. The van der Waals surface area contributed by atoms with Gasteiger partial charge in [0.2, 0.25) is 0 Å². The van der Waals surface area contributed by atoms with Crippen LogP contribution in [0.4, 0.5) is 5.82 Å². The first-order chi connectivity index (χ1) is 7.56. The maximum Gasteiger partial charge on any atom is 0.123 e. The second-order valence-corrected chi connectivity index (χ2v) is 6.06. The third-order valence-corrected chi connectivity index (χ3v) is 4.08. The van der Waals surface area contributed by atoms with E-state index in [0.29, 0.717) is 5.82 Å². The Bertz CT molecular complexity index is 431. The van der Waals surface area contributed by atoms with Crippen molar-refractivity contribution < 1.29 is 0 Å². The molecule has 0 aliphatic heterocycles. The summed E-state index contributed by atoms with van der Waals surface area (Å²) in [5, 5.41) is 0. The predicted octanol–water partition coefficient (Wildman–Crippen LogP) is 2.84. The number of aromatic nitrogens is 1. The molecule has 2 aliphatic carbocycles. The van der Waals surface area contributed by atoms with Crippen molar-refractivity contribution in [3.63, 3.8) is 0 Å². The minimum atomic E-state index is 0.225. The molecule has 2 N–H and O–H groups in total. The molecule has 86 valence electrons. The van der Waals surface area contributed by atoms with E-state index in [0.717, 1.165) is 5.92 Å². The van der Waals surface area contributed by atoms with Gasteiger partial charge in [0.05, 0.1) is 5.69 Å². The van der Waals surface area contributed by atoms with Gasteiger partial charge in [-0.05, 0) is 55.2 Å². The van der Waals surface area contributed by atoms with Crippen molar-refractivity contribution in [2.45, 2.75) is 51.4 Å². The standard InChI is InChI=1S/C14H20N2/c1-14(2)6-5-11-10(7-9-3-4-9)8-12(15)16-13(11)14/h8-9H,3-7H2,1-2H3,(H2,15,16). The van der Waals surface area contributed by atoms with Gasteiger partial charge in [-0.15, -0.1) is 0 Å². The van der Waals surface area contributed by atoms with E-state index in [2.05, 4.69) is 24.9 Å². The first kappa shape index (κ1) is 10.1. The summed E-state index contributed by atoms with van der Waals surface area (Å²) >= 11 is 0. The van der Waals surface area contributed by atoms with Crippen LogP contribution in [0.2, 0.25) is 0 Å². The van der Waals surface area contributed by atoms with E-state index >= 15 is 0 Å². The van der Waals surface area contributed by atoms with E-state index in [9.17, 15) is 0 Å². The summed E-state index contributed by atoms with van der Waals surface area (Å²) in [5.74, 6) is 1.64. The smallest absolute Gasteiger partial charge is 0.123 e. The summed E-state index contributed by atoms with van der Waals surface area (Å²) in [6.07, 6.45) is 6.44. The third kappa shape index (κ3) is 1.60. The number of nitrogens with zero attached hydrogens (tertiary/aromatic N) is 1. The van der Waals surface area contributed by atoms with Gasteiger partial charge in [0.1, 0.15) is 5.82 Å². The van der Waals surface area contributed by atoms with Crippen molar-refractivity contribution in [1.82, 2.24) is 4.98 Å². The average molecular weight is 216 g/mol. The lowest BCUT2D eigenvalue weighted by Crippen LogP contribution is -2.15. The van der Waals surface area contributed by atoms with Gasteiger partial charge in [-0.25, -0.2) is 4.98 Å². The molecule has 1 fully saturated rings. The van der Waals surface area contributed by atoms with Gasteiger partial charge in [0.25, 0.3) is 0 Å². The van der Waals surface area contributed by atoms with Gasteiger partial charge in [0, 0.05) is 5.41 Å². The van der Waals surface area contributed by atoms with Gasteiger partial charge in [-0.1, -0.05) is 13.8 Å². The highest BCUT2D eigenvalue weighted by molar-refractivity contribution is 5.46. The van der Waals surface area contributed by atoms with Crippen LogP contribution >= 0.6 is 0 Å². The molecule has 1 aromatic rings. The summed E-state index contributed by atoms with van der Waals surface area (Å²) < 4.78 is 0. The van der Waals surface area contributed by atoms with E-state index in [1.807, 2.05) is 0 Å². The molecule has 2 aliphatic rings. The summed E-state index contributed by atoms with van der Waals surface area (Å²) in [4.78, 5) is 4.57. The van der Waals surface area contributed by atoms with E-state index in [4.69, 9.17) is 5.73 Å². The van der Waals surface area contributed by atoms with Crippen molar-refractivity contribution in [1.29, 1.82) is 0 Å². The van der Waals surface area contributed by atoms with Crippen molar-refractivity contribution in [2.24, 2.45) is 5.92 Å². The Kier molecular flexibility index (Phi) is 2.04. The normalized spacial score (nSPS) is 22.1. The highest BCUT2D eigenvalue weighted by Crippen LogP contribution is 2.41. The lowest BCUT2D eigenvalue weighted by Gasteiger charge is -2.18. The monoisotopic (exact) mass is 216 g/mol. The van der Waals surface area contributed by atoms with Gasteiger partial charge < -0.3 is 5.73 Å². The maximum absolute atomic E-state index is 5.94. The van der Waals surface area contributed by atoms with E-state index < -0.39 is 0 Å². The SMILES string of the molecule is CC1(C)CCc2c(CC3CC3)cc(N)nc21. The van der Waals surface area contributed by atoms with E-state index in [1.54, 1.807) is 0 Å². The molecule has 0 saturated heterocycles. The summed E-state index contributed by atoms with van der Waals surface area (Å²) in [6.45, 7) is 4.57. The molecule has 0 spiro atoms. The minimum absolute atomic E-state index is 0.225. The van der Waals surface area contributed by atoms with Crippen molar-refractivity contribution in [2.75, 3.05) is 5.73 Å². The molecule has 2 nitrogen and oxygen atoms in total. The minimum Gasteiger partial charge on any atom is -0.384 e. The van der Waals surface area contributed by atoms with Crippen LogP contribution in [0.25, 0.3) is 0 Å². The van der Waals surface area contributed by atoms with Crippen LogP contribution in [0.15, 0.2) is 6.07 Å². The molecule has 0 unspecified atom stereocenters. The predicted molar refractivity (Wildman–Crippen MR) is 66.4 cm³/mol. The number of hydrogen-bond donors (Lipinski definition) is 1. The Labute approximate surface area is 97.3 Å². The second kappa shape index (κ2) is 3.22. The molecule has 1 heterocycles. The first-order valence-electron chi connectivity index (χ1n) is 6.35. The zero-order valence-electron chi connectivity index (χ0n) is 10.2.